The summed E-state index contributed by atoms with van der Waals surface area (Å²) in [7, 11) is 0. The molecule has 544 valence electrons. The van der Waals surface area contributed by atoms with Crippen LogP contribution < -0.4 is 48.7 Å². The van der Waals surface area contributed by atoms with Gasteiger partial charge in [0.1, 0.15) is 18.7 Å². The number of guanidine groups is 2. The maximum absolute atomic E-state index is 13.4. The van der Waals surface area contributed by atoms with Crippen LogP contribution in [0, 0.1) is 24.2 Å². The molecule has 2 saturated heterocycles. The number of nitrogens with one attached hydrogen (secondary N) is 3. The second-order valence-corrected chi connectivity index (χ2v) is 25.7. The normalized spacial score (nSPS) is 14.5. The first-order valence-corrected chi connectivity index (χ1v) is 36.4. The van der Waals surface area contributed by atoms with Gasteiger partial charge in [-0.15, -0.1) is 16.6 Å². The van der Waals surface area contributed by atoms with Crippen LogP contribution in [0.1, 0.15) is 205 Å². The molecule has 3 aromatic rings. The van der Waals surface area contributed by atoms with Gasteiger partial charge in [0.25, 0.3) is 0 Å². The molecule has 3 aromatic heterocycles. The van der Waals surface area contributed by atoms with Gasteiger partial charge in [-0.25, -0.2) is 9.36 Å². The Morgan fingerprint density at radius 2 is 0.907 bits per heavy atom. The van der Waals surface area contributed by atoms with Gasteiger partial charge in [-0.05, 0) is 76.0 Å². The van der Waals surface area contributed by atoms with Crippen molar-refractivity contribution in [3.63, 3.8) is 0 Å². The lowest BCUT2D eigenvalue weighted by Gasteiger charge is -2.36. The summed E-state index contributed by atoms with van der Waals surface area (Å²) in [6.07, 6.45) is 33.4. The van der Waals surface area contributed by atoms with Crippen molar-refractivity contribution in [3.05, 3.63) is 23.8 Å². The highest BCUT2D eigenvalue weighted by atomic mass is 16.5. The second-order valence-electron chi connectivity index (χ2n) is 25.7. The van der Waals surface area contributed by atoms with Crippen molar-refractivity contribution in [2.75, 3.05) is 140 Å². The Balaban J connectivity index is 0.952. The lowest BCUT2D eigenvalue weighted by Crippen LogP contribution is -2.50. The Morgan fingerprint density at radius 3 is 1.31 bits per heavy atom. The maximum Gasteiger partial charge on any atom is 0.245 e. The summed E-state index contributed by atoms with van der Waals surface area (Å²) in [5.74, 6) is 4.75. The van der Waals surface area contributed by atoms with E-state index in [-0.39, 0.29) is 54.0 Å². The number of terminal acetylenes is 1. The number of carbonyl (C=O) groups is 4. The molecule has 97 heavy (non-hydrogen) atoms. The molecule has 0 saturated carbocycles. The van der Waals surface area contributed by atoms with E-state index in [4.69, 9.17) is 58.5 Å². The molecule has 0 radical (unpaired) electrons. The van der Waals surface area contributed by atoms with Crippen molar-refractivity contribution in [3.8, 4) is 12.3 Å². The minimum Gasteiger partial charge on any atom is -0.377 e. The highest BCUT2D eigenvalue weighted by molar-refractivity contribution is 5.81. The molecule has 5 heterocycles. The molecular formula is C68H120N22O7. The van der Waals surface area contributed by atoms with Crippen molar-refractivity contribution >= 4 is 53.4 Å². The fourth-order valence-electron chi connectivity index (χ4n) is 11.8. The van der Waals surface area contributed by atoms with Gasteiger partial charge in [-0.2, -0.15) is 15.0 Å². The van der Waals surface area contributed by atoms with Crippen LogP contribution in [0.25, 0.3) is 0 Å². The average molecular weight is 1360 g/mol. The minimum absolute atomic E-state index is 0.0166. The predicted molar refractivity (Wildman–Crippen MR) is 381 cm³/mol. The Morgan fingerprint density at radius 1 is 0.515 bits per heavy atom. The third-order valence-electron chi connectivity index (χ3n) is 18.0. The standard InChI is InChI=1S/C68H120N22O7/c1-6-46-95-48-50-97-51-49-96-47-37-77-66-78-67(87-42-38-85(39-43-87)58(91)31-21-17-13-9-11-15-19-25-33-73-62(93)60(54(4)7-2)89-52-56(81-83-89)29-23-27-35-75-64(69)70)80-68(79-66)88-44-40-86(41-45-88)59(92)32-22-18-14-10-12-16-20-26-34-74-63(94)61(55(5)8-3)90-53-57(82-84-90)30-24-28-36-76-65(71)72/h1,52-55,60-61H,7-51H2,2-5H3,(H,73,93)(H,74,94)(H4,69,70,75)(H4,71,72,76)(H,77,78,79,80)/t54-,55-,60-,61-/m0/s1. The Hall–Kier alpha value is -7.45. The minimum atomic E-state index is -0.405. The summed E-state index contributed by atoms with van der Waals surface area (Å²) in [4.78, 5) is 84.5. The van der Waals surface area contributed by atoms with Crippen LogP contribution in [0.5, 0.6) is 0 Å². The molecule has 0 aliphatic carbocycles. The topological polar surface area (TPSA) is 374 Å². The molecule has 2 aliphatic heterocycles. The number of hydrogen-bond donors (Lipinski definition) is 7. The van der Waals surface area contributed by atoms with E-state index in [2.05, 4.69) is 90.0 Å². The molecule has 0 spiro atoms. The number of carbonyl (C=O) groups excluding carboxylic acids is 4. The van der Waals surface area contributed by atoms with E-state index in [0.717, 1.165) is 165 Å². The fourth-order valence-corrected chi connectivity index (χ4v) is 11.8. The number of nitrogens with two attached hydrogens (primary N) is 4. The fraction of sp³-hybridized carbons (Fsp3) is 0.779. The Bertz CT molecular complexity index is 2610. The number of aryl methyl sites for hydroxylation is 2. The van der Waals surface area contributed by atoms with E-state index in [1.165, 1.54) is 0 Å². The number of rotatable bonds is 53. The summed E-state index contributed by atoms with van der Waals surface area (Å²) in [6, 6.07) is -0.810. The lowest BCUT2D eigenvalue weighted by atomic mass is 9.98. The van der Waals surface area contributed by atoms with Crippen LogP contribution in [0.2, 0.25) is 0 Å². The van der Waals surface area contributed by atoms with Gasteiger partial charge in [-0.3, -0.25) is 29.2 Å². The van der Waals surface area contributed by atoms with E-state index < -0.39 is 12.1 Å². The monoisotopic (exact) mass is 1360 g/mol. The number of anilines is 3. The highest BCUT2D eigenvalue weighted by Crippen LogP contribution is 2.25. The molecule has 2 fully saturated rings. The van der Waals surface area contributed by atoms with Gasteiger partial charge >= 0.3 is 0 Å². The van der Waals surface area contributed by atoms with Crippen LogP contribution in [-0.4, -0.2) is 215 Å². The lowest BCUT2D eigenvalue weighted by molar-refractivity contribution is -0.132. The average Bonchev–Trinajstić information content (AvgIpc) is 1.47. The quantitative estimate of drug-likeness (QED) is 0.0159. The molecule has 29 nitrogen and oxygen atoms in total. The number of aromatic nitrogens is 9. The SMILES string of the molecule is C#CCOCCOCCOCCNc1nc(N2CCN(C(=O)CCCCCCCCCCNC(=O)[C@H]([C@@H](C)CC)n3cc(CCCCN=C(N)N)nn3)CC2)nc(N2CCN(C(=O)CCCCCCCCCCNC(=O)[C@H]([C@@H](C)CC)n3cc(CCCCN=C(N)N)nn3)CC2)n1. The summed E-state index contributed by atoms with van der Waals surface area (Å²) in [6.45, 7) is 18.4. The van der Waals surface area contributed by atoms with Crippen molar-refractivity contribution in [1.29, 1.82) is 0 Å². The number of ether oxygens (including phenoxy) is 3. The van der Waals surface area contributed by atoms with Gasteiger partial charge < -0.3 is 72.7 Å². The number of piperazine rings is 2. The van der Waals surface area contributed by atoms with Crippen LogP contribution in [-0.2, 0) is 46.2 Å². The molecule has 11 N–H and O–H groups in total. The van der Waals surface area contributed by atoms with Crippen molar-refractivity contribution in [2.24, 2.45) is 44.8 Å². The van der Waals surface area contributed by atoms with E-state index >= 15 is 0 Å². The van der Waals surface area contributed by atoms with E-state index in [1.54, 1.807) is 9.36 Å². The van der Waals surface area contributed by atoms with Crippen LogP contribution in [0.15, 0.2) is 22.4 Å². The Labute approximate surface area is 577 Å². The number of amides is 4. The van der Waals surface area contributed by atoms with Gasteiger partial charge in [0.15, 0.2) is 11.9 Å². The van der Waals surface area contributed by atoms with Gasteiger partial charge in [0, 0.05) is 110 Å². The van der Waals surface area contributed by atoms with Crippen LogP contribution >= 0.6 is 0 Å². The molecule has 4 atom stereocenters. The number of unbranched alkanes of at least 4 members (excludes halogenated alkanes) is 16. The molecule has 2 aliphatic rings. The molecule has 0 aromatic carbocycles. The zero-order valence-corrected chi connectivity index (χ0v) is 59.2. The summed E-state index contributed by atoms with van der Waals surface area (Å²) >= 11 is 0. The van der Waals surface area contributed by atoms with Crippen molar-refractivity contribution in [2.45, 2.75) is 207 Å². The van der Waals surface area contributed by atoms with E-state index in [0.29, 0.717) is 149 Å². The molecule has 29 heteroatoms. The number of hydrogen-bond acceptors (Lipinski definition) is 19. The molecule has 5 rings (SSSR count). The van der Waals surface area contributed by atoms with Gasteiger partial charge in [-0.1, -0.05) is 134 Å². The zero-order chi connectivity index (χ0) is 69.7. The van der Waals surface area contributed by atoms with Gasteiger partial charge in [0.05, 0.1) is 44.4 Å². The maximum atomic E-state index is 13.4. The predicted octanol–water partition coefficient (Wildman–Crippen LogP) is 5.47. The summed E-state index contributed by atoms with van der Waals surface area (Å²) < 4.78 is 20.1. The summed E-state index contributed by atoms with van der Waals surface area (Å²) in [5, 5.41) is 27.0. The van der Waals surface area contributed by atoms with Crippen molar-refractivity contribution in [1.82, 2.24) is 65.4 Å². The third-order valence-corrected chi connectivity index (χ3v) is 18.0. The smallest absolute Gasteiger partial charge is 0.245 e. The molecule has 0 bridgehead atoms. The van der Waals surface area contributed by atoms with Gasteiger partial charge in [0.2, 0.25) is 41.5 Å². The Kier molecular flexibility index (Phi) is 39.9. The number of aliphatic imine (C=N–C) groups is 2. The zero-order valence-electron chi connectivity index (χ0n) is 59.2. The van der Waals surface area contributed by atoms with Crippen LogP contribution in [0.3, 0.4) is 0 Å². The number of nitrogens with zero attached hydrogens (tertiary/aromatic N) is 15. The first kappa shape index (κ1) is 80.2. The summed E-state index contributed by atoms with van der Waals surface area (Å²) in [5.41, 5.74) is 23.4. The van der Waals surface area contributed by atoms with Crippen molar-refractivity contribution < 1.29 is 33.4 Å². The first-order valence-electron chi connectivity index (χ1n) is 36.4. The largest absolute Gasteiger partial charge is 0.377 e. The molecule has 0 unspecified atom stereocenters. The second kappa shape index (κ2) is 48.3. The van der Waals surface area contributed by atoms with E-state index in [9.17, 15) is 19.2 Å². The molecule has 4 amide bonds. The van der Waals surface area contributed by atoms with Crippen LogP contribution in [0.4, 0.5) is 17.8 Å². The molecular weight excluding hydrogens is 1240 g/mol. The highest BCUT2D eigenvalue weighted by Gasteiger charge is 2.30. The first-order chi connectivity index (χ1) is 47.2. The third kappa shape index (κ3) is 32.2. The van der Waals surface area contributed by atoms with E-state index in [1.807, 2.05) is 22.2 Å².